The van der Waals surface area contributed by atoms with Gasteiger partial charge in [0.1, 0.15) is 0 Å². The Hall–Kier alpha value is -5.58. The van der Waals surface area contributed by atoms with Gasteiger partial charge in [-0.3, -0.25) is 0 Å². The molecular formula is C50H32S3. The normalized spacial score (nSPS) is 12.0. The van der Waals surface area contributed by atoms with Crippen molar-refractivity contribution in [2.24, 2.45) is 0 Å². The van der Waals surface area contributed by atoms with Crippen LogP contribution in [-0.4, -0.2) is 0 Å². The van der Waals surface area contributed by atoms with Crippen LogP contribution in [0.5, 0.6) is 0 Å². The topological polar surface area (TPSA) is 0 Å². The second-order valence-corrected chi connectivity index (χ2v) is 17.7. The molecule has 0 amide bonds. The highest BCUT2D eigenvalue weighted by molar-refractivity contribution is 7.26. The van der Waals surface area contributed by atoms with Crippen LogP contribution in [0.1, 0.15) is 9.75 Å². The highest BCUT2D eigenvalue weighted by atomic mass is 32.1. The molecule has 3 heteroatoms. The SMILES string of the molecule is Cc1ccc(-c2c3ccccc3c(-c3ccc4sc5cccc(-c6c7ccccc7c(-c7ccc(C)s7)c7ccccc67)c5c4c3)c3ccccc23)s1. The largest absolute Gasteiger partial charge is 0.141 e. The number of benzene rings is 8. The number of thiophene rings is 3. The van der Waals surface area contributed by atoms with E-state index in [0.29, 0.717) is 0 Å². The number of aryl methyl sites for hydroxylation is 2. The lowest BCUT2D eigenvalue weighted by Crippen LogP contribution is -1.90. The van der Waals surface area contributed by atoms with Crippen molar-refractivity contribution in [1.29, 1.82) is 0 Å². The second kappa shape index (κ2) is 12.0. The minimum Gasteiger partial charge on any atom is -0.141 e. The third-order valence-electron chi connectivity index (χ3n) is 10.9. The van der Waals surface area contributed by atoms with E-state index in [0.717, 1.165) is 0 Å². The van der Waals surface area contributed by atoms with Crippen molar-refractivity contribution in [3.8, 4) is 43.1 Å². The Morgan fingerprint density at radius 3 is 1.23 bits per heavy atom. The number of hydrogen-bond donors (Lipinski definition) is 0. The Morgan fingerprint density at radius 2 is 0.774 bits per heavy atom. The van der Waals surface area contributed by atoms with E-state index >= 15 is 0 Å². The van der Waals surface area contributed by atoms with E-state index in [1.165, 1.54) is 116 Å². The lowest BCUT2D eigenvalue weighted by atomic mass is 9.86. The first kappa shape index (κ1) is 31.0. The van der Waals surface area contributed by atoms with E-state index in [-0.39, 0.29) is 0 Å². The summed E-state index contributed by atoms with van der Waals surface area (Å²) in [5.41, 5.74) is 7.84. The molecule has 0 spiro atoms. The van der Waals surface area contributed by atoms with E-state index in [2.05, 4.69) is 172 Å². The molecule has 11 aromatic rings. The summed E-state index contributed by atoms with van der Waals surface area (Å²) in [6.07, 6.45) is 0. The third kappa shape index (κ3) is 4.71. The van der Waals surface area contributed by atoms with Gasteiger partial charge in [0.25, 0.3) is 0 Å². The van der Waals surface area contributed by atoms with Crippen LogP contribution < -0.4 is 0 Å². The van der Waals surface area contributed by atoms with Gasteiger partial charge in [0.05, 0.1) is 0 Å². The fraction of sp³-hybridized carbons (Fsp3) is 0.0400. The molecule has 0 fully saturated rings. The lowest BCUT2D eigenvalue weighted by molar-refractivity contribution is 1.64. The average Bonchev–Trinajstić information content (AvgIpc) is 3.93. The van der Waals surface area contributed by atoms with Crippen LogP contribution in [0.4, 0.5) is 0 Å². The van der Waals surface area contributed by atoms with Gasteiger partial charge >= 0.3 is 0 Å². The molecule has 0 aliphatic heterocycles. The summed E-state index contributed by atoms with van der Waals surface area (Å²) in [5, 5.41) is 13.1. The Balaban J connectivity index is 1.23. The van der Waals surface area contributed by atoms with Crippen molar-refractivity contribution in [2.75, 3.05) is 0 Å². The molecule has 53 heavy (non-hydrogen) atoms. The van der Waals surface area contributed by atoms with Crippen LogP contribution in [-0.2, 0) is 0 Å². The van der Waals surface area contributed by atoms with E-state index in [1.807, 2.05) is 34.0 Å². The highest BCUT2D eigenvalue weighted by Gasteiger charge is 2.22. The van der Waals surface area contributed by atoms with Crippen molar-refractivity contribution >= 4 is 97.3 Å². The van der Waals surface area contributed by atoms with Crippen LogP contribution in [0.15, 0.2) is 158 Å². The van der Waals surface area contributed by atoms with Gasteiger partial charge in [-0.15, -0.1) is 34.0 Å². The maximum Gasteiger partial charge on any atom is 0.0361 e. The molecule has 3 heterocycles. The zero-order valence-corrected chi connectivity index (χ0v) is 31.7. The summed E-state index contributed by atoms with van der Waals surface area (Å²) in [7, 11) is 0. The van der Waals surface area contributed by atoms with Crippen LogP contribution in [0.2, 0.25) is 0 Å². The Kier molecular flexibility index (Phi) is 7.00. The first-order chi connectivity index (χ1) is 26.1. The smallest absolute Gasteiger partial charge is 0.0361 e. The summed E-state index contributed by atoms with van der Waals surface area (Å²) < 4.78 is 2.63. The molecule has 3 aromatic heterocycles. The van der Waals surface area contributed by atoms with Gasteiger partial charge < -0.3 is 0 Å². The quantitative estimate of drug-likeness (QED) is 0.158. The number of fused-ring (bicyclic) bond motifs is 7. The van der Waals surface area contributed by atoms with Crippen molar-refractivity contribution in [1.82, 2.24) is 0 Å². The second-order valence-electron chi connectivity index (χ2n) is 14.0. The summed E-state index contributed by atoms with van der Waals surface area (Å²) in [5.74, 6) is 0. The maximum atomic E-state index is 2.48. The molecule has 0 nitrogen and oxygen atoms in total. The minimum absolute atomic E-state index is 1.26. The Labute approximate surface area is 319 Å². The molecule has 0 saturated carbocycles. The molecule has 8 aromatic carbocycles. The molecular weight excluding hydrogens is 697 g/mol. The first-order valence-corrected chi connectivity index (χ1v) is 20.5. The van der Waals surface area contributed by atoms with Gasteiger partial charge in [0.2, 0.25) is 0 Å². The summed E-state index contributed by atoms with van der Waals surface area (Å²) in [6.45, 7) is 4.40. The summed E-state index contributed by atoms with van der Waals surface area (Å²) in [4.78, 5) is 5.31. The average molecular weight is 729 g/mol. The standard InChI is InChI=1S/C50H32S3/c1-29-22-25-44(51-29)48-36-16-7-3-12-32(36)46(33-13-4-8-17-37(33)48)31-24-27-42-41(28-31)50-40(20-11-21-43(50)53-42)47-34-14-5-9-18-38(34)49(45-26-23-30(2)52-45)39-19-10-6-15-35(39)47/h3-28H,1-2H3. The molecule has 0 bridgehead atoms. The predicted molar refractivity (Wildman–Crippen MR) is 236 cm³/mol. The molecule has 0 aliphatic rings. The van der Waals surface area contributed by atoms with Crippen LogP contribution in [0, 0.1) is 13.8 Å². The van der Waals surface area contributed by atoms with Gasteiger partial charge in [0.15, 0.2) is 0 Å². The number of rotatable bonds is 4. The summed E-state index contributed by atoms with van der Waals surface area (Å²) >= 11 is 5.66. The fourth-order valence-corrected chi connectivity index (χ4v) is 11.7. The van der Waals surface area contributed by atoms with E-state index < -0.39 is 0 Å². The van der Waals surface area contributed by atoms with Crippen molar-refractivity contribution < 1.29 is 0 Å². The van der Waals surface area contributed by atoms with Crippen molar-refractivity contribution in [2.45, 2.75) is 13.8 Å². The van der Waals surface area contributed by atoms with E-state index in [1.54, 1.807) is 0 Å². The minimum atomic E-state index is 1.26. The van der Waals surface area contributed by atoms with Gasteiger partial charge in [0, 0.05) is 50.8 Å². The molecule has 0 saturated heterocycles. The number of hydrogen-bond acceptors (Lipinski definition) is 3. The Bertz CT molecular complexity index is 3140. The fourth-order valence-electron chi connectivity index (χ4n) is 8.72. The molecule has 0 atom stereocenters. The maximum absolute atomic E-state index is 2.48. The molecule has 250 valence electrons. The van der Waals surface area contributed by atoms with Gasteiger partial charge in [-0.2, -0.15) is 0 Å². The molecule has 0 aliphatic carbocycles. The van der Waals surface area contributed by atoms with Crippen molar-refractivity contribution in [3.63, 3.8) is 0 Å². The highest BCUT2D eigenvalue weighted by Crippen LogP contribution is 2.50. The third-order valence-corrected chi connectivity index (χ3v) is 14.1. The molecule has 0 unspecified atom stereocenters. The van der Waals surface area contributed by atoms with Crippen LogP contribution in [0.25, 0.3) is 106 Å². The van der Waals surface area contributed by atoms with Crippen LogP contribution in [0.3, 0.4) is 0 Å². The predicted octanol–water partition coefficient (Wildman–Crippen LogP) is 16.1. The zero-order chi connectivity index (χ0) is 35.2. The Morgan fingerprint density at radius 1 is 0.321 bits per heavy atom. The van der Waals surface area contributed by atoms with Crippen molar-refractivity contribution in [3.05, 3.63) is 167 Å². The monoisotopic (exact) mass is 728 g/mol. The van der Waals surface area contributed by atoms with Crippen LogP contribution >= 0.6 is 34.0 Å². The molecule has 0 N–H and O–H groups in total. The van der Waals surface area contributed by atoms with E-state index in [4.69, 9.17) is 0 Å². The zero-order valence-electron chi connectivity index (χ0n) is 29.2. The van der Waals surface area contributed by atoms with E-state index in [9.17, 15) is 0 Å². The molecule has 0 radical (unpaired) electrons. The molecule has 11 rings (SSSR count). The summed E-state index contributed by atoms with van der Waals surface area (Å²) in [6, 6.07) is 59.3. The first-order valence-electron chi connectivity index (χ1n) is 18.1. The van der Waals surface area contributed by atoms with Gasteiger partial charge in [-0.1, -0.05) is 115 Å². The lowest BCUT2D eigenvalue weighted by Gasteiger charge is -2.18. The van der Waals surface area contributed by atoms with Gasteiger partial charge in [-0.25, -0.2) is 0 Å². The van der Waals surface area contributed by atoms with Gasteiger partial charge in [-0.05, 0) is 122 Å².